The number of thiophene rings is 1. The number of nitro benzene ring substituents is 1. The number of nitrogens with zero attached hydrogens (tertiary/aromatic N) is 3. The van der Waals surface area contributed by atoms with Crippen molar-refractivity contribution in [3.05, 3.63) is 57.0 Å². The van der Waals surface area contributed by atoms with Gasteiger partial charge in [0.05, 0.1) is 16.1 Å². The van der Waals surface area contributed by atoms with Gasteiger partial charge in [-0.3, -0.25) is 14.9 Å². The van der Waals surface area contributed by atoms with Crippen LogP contribution < -0.4 is 10.3 Å². The maximum atomic E-state index is 12.0. The summed E-state index contributed by atoms with van der Waals surface area (Å²) in [6.45, 7) is 2.18. The number of anilines is 1. The zero-order valence-electron chi connectivity index (χ0n) is 13.6. The Morgan fingerprint density at radius 3 is 2.56 bits per heavy atom. The first kappa shape index (κ1) is 17.1. The summed E-state index contributed by atoms with van der Waals surface area (Å²) in [4.78, 5) is 25.4. The van der Waals surface area contributed by atoms with E-state index in [1.165, 1.54) is 48.5 Å². The summed E-state index contributed by atoms with van der Waals surface area (Å²) in [5, 5.41) is 15.8. The summed E-state index contributed by atoms with van der Waals surface area (Å²) in [7, 11) is 0. The summed E-state index contributed by atoms with van der Waals surface area (Å²) in [6, 6.07) is 9.46. The van der Waals surface area contributed by atoms with E-state index in [1.54, 1.807) is 17.6 Å². The second-order valence-electron chi connectivity index (χ2n) is 5.73. The van der Waals surface area contributed by atoms with Crippen molar-refractivity contribution in [2.45, 2.75) is 19.3 Å². The Morgan fingerprint density at radius 2 is 1.88 bits per heavy atom. The van der Waals surface area contributed by atoms with E-state index in [-0.39, 0.29) is 5.69 Å². The SMILES string of the molecule is O=C(N/N=C\c1ccc(N2CCCCC2)s1)c1ccc([N+](=O)[O-])cc1. The lowest BCUT2D eigenvalue weighted by molar-refractivity contribution is -0.384. The van der Waals surface area contributed by atoms with Crippen molar-refractivity contribution >= 4 is 34.1 Å². The summed E-state index contributed by atoms with van der Waals surface area (Å²) >= 11 is 1.64. The van der Waals surface area contributed by atoms with Gasteiger partial charge in [-0.1, -0.05) is 0 Å². The van der Waals surface area contributed by atoms with Crippen molar-refractivity contribution in [2.75, 3.05) is 18.0 Å². The number of nitrogens with one attached hydrogen (secondary N) is 1. The number of piperidine rings is 1. The molecule has 0 radical (unpaired) electrons. The van der Waals surface area contributed by atoms with Gasteiger partial charge in [-0.2, -0.15) is 5.10 Å². The van der Waals surface area contributed by atoms with Gasteiger partial charge < -0.3 is 4.90 Å². The van der Waals surface area contributed by atoms with Crippen LogP contribution in [0.15, 0.2) is 41.5 Å². The summed E-state index contributed by atoms with van der Waals surface area (Å²) in [6.07, 6.45) is 5.37. The molecule has 1 fully saturated rings. The quantitative estimate of drug-likeness (QED) is 0.504. The highest BCUT2D eigenvalue weighted by Gasteiger charge is 2.12. The molecule has 7 nitrogen and oxygen atoms in total. The van der Waals surface area contributed by atoms with Crippen LogP contribution in [0.25, 0.3) is 0 Å². The monoisotopic (exact) mass is 358 g/mol. The van der Waals surface area contributed by atoms with Crippen LogP contribution in [-0.2, 0) is 0 Å². The lowest BCUT2D eigenvalue weighted by atomic mass is 10.1. The number of hydrazone groups is 1. The van der Waals surface area contributed by atoms with Gasteiger partial charge in [-0.05, 0) is 43.5 Å². The van der Waals surface area contributed by atoms with Gasteiger partial charge in [0.2, 0.25) is 0 Å². The molecule has 0 saturated carbocycles. The smallest absolute Gasteiger partial charge is 0.271 e. The average molecular weight is 358 g/mol. The number of rotatable bonds is 5. The van der Waals surface area contributed by atoms with Gasteiger partial charge in [0.25, 0.3) is 11.6 Å². The van der Waals surface area contributed by atoms with Gasteiger partial charge in [0.1, 0.15) is 0 Å². The van der Waals surface area contributed by atoms with E-state index >= 15 is 0 Å². The van der Waals surface area contributed by atoms with E-state index in [9.17, 15) is 14.9 Å². The second-order valence-corrected chi connectivity index (χ2v) is 6.82. The molecular weight excluding hydrogens is 340 g/mol. The number of hydrogen-bond donors (Lipinski definition) is 1. The minimum atomic E-state index is -0.503. The zero-order chi connectivity index (χ0) is 17.6. The van der Waals surface area contributed by atoms with Crippen LogP contribution in [0.2, 0.25) is 0 Å². The zero-order valence-corrected chi connectivity index (χ0v) is 14.4. The number of hydrogen-bond acceptors (Lipinski definition) is 6. The standard InChI is InChI=1S/C17H18N4O3S/c22-17(13-4-6-14(7-5-13)21(23)24)19-18-12-15-8-9-16(25-15)20-10-2-1-3-11-20/h4-9,12H,1-3,10-11H2,(H,19,22)/b18-12-. The van der Waals surface area contributed by atoms with Gasteiger partial charge in [0, 0.05) is 35.7 Å². The fraction of sp³-hybridized carbons (Fsp3) is 0.294. The minimum absolute atomic E-state index is 0.0520. The third-order valence-corrected chi connectivity index (χ3v) is 5.06. The Balaban J connectivity index is 1.56. The molecule has 8 heteroatoms. The van der Waals surface area contributed by atoms with Crippen LogP contribution in [0.4, 0.5) is 10.7 Å². The molecule has 2 heterocycles. The highest BCUT2D eigenvalue weighted by molar-refractivity contribution is 7.17. The van der Waals surface area contributed by atoms with Crippen LogP contribution in [0, 0.1) is 10.1 Å². The highest BCUT2D eigenvalue weighted by atomic mass is 32.1. The maximum absolute atomic E-state index is 12.0. The Bertz CT molecular complexity index is 779. The molecule has 1 aliphatic heterocycles. The Hall–Kier alpha value is -2.74. The van der Waals surface area contributed by atoms with E-state index in [2.05, 4.69) is 21.5 Å². The number of carbonyl (C=O) groups is 1. The molecule has 1 saturated heterocycles. The van der Waals surface area contributed by atoms with E-state index in [4.69, 9.17) is 0 Å². The molecule has 1 aromatic carbocycles. The van der Waals surface area contributed by atoms with Crippen LogP contribution in [0.1, 0.15) is 34.5 Å². The van der Waals surface area contributed by atoms with Crippen molar-refractivity contribution in [1.82, 2.24) is 5.43 Å². The Kier molecular flexibility index (Phi) is 5.39. The number of non-ortho nitro benzene ring substituents is 1. The van der Waals surface area contributed by atoms with E-state index in [1.807, 2.05) is 6.07 Å². The maximum Gasteiger partial charge on any atom is 0.271 e. The van der Waals surface area contributed by atoms with Crippen molar-refractivity contribution in [3.8, 4) is 0 Å². The molecule has 0 aliphatic carbocycles. The van der Waals surface area contributed by atoms with Gasteiger partial charge >= 0.3 is 0 Å². The molecule has 0 atom stereocenters. The molecule has 3 rings (SSSR count). The molecule has 1 N–H and O–H groups in total. The number of nitro groups is 1. The molecule has 1 aromatic heterocycles. The lowest BCUT2D eigenvalue weighted by Gasteiger charge is -2.27. The molecule has 1 amide bonds. The van der Waals surface area contributed by atoms with Crippen molar-refractivity contribution < 1.29 is 9.72 Å². The first-order valence-electron chi connectivity index (χ1n) is 8.06. The Morgan fingerprint density at radius 1 is 1.16 bits per heavy atom. The van der Waals surface area contributed by atoms with Crippen molar-refractivity contribution in [3.63, 3.8) is 0 Å². The Labute approximate surface area is 149 Å². The van der Waals surface area contributed by atoms with Crippen molar-refractivity contribution in [2.24, 2.45) is 5.10 Å². The third-order valence-electron chi connectivity index (χ3n) is 3.98. The van der Waals surface area contributed by atoms with Crippen LogP contribution >= 0.6 is 11.3 Å². The topological polar surface area (TPSA) is 87.8 Å². The summed E-state index contributed by atoms with van der Waals surface area (Å²) in [5.74, 6) is -0.404. The number of benzene rings is 1. The third kappa shape index (κ3) is 4.42. The number of carbonyl (C=O) groups excluding carboxylic acids is 1. The molecule has 0 spiro atoms. The van der Waals surface area contributed by atoms with Crippen LogP contribution in [0.5, 0.6) is 0 Å². The van der Waals surface area contributed by atoms with Crippen LogP contribution in [0.3, 0.4) is 0 Å². The predicted molar refractivity (Wildman–Crippen MR) is 98.5 cm³/mol. The average Bonchev–Trinajstić information content (AvgIpc) is 3.11. The molecule has 130 valence electrons. The molecule has 1 aliphatic rings. The van der Waals surface area contributed by atoms with Crippen LogP contribution in [-0.4, -0.2) is 30.1 Å². The summed E-state index contributed by atoms with van der Waals surface area (Å²) in [5.41, 5.74) is 2.71. The predicted octanol–water partition coefficient (Wildman–Crippen LogP) is 3.41. The van der Waals surface area contributed by atoms with Gasteiger partial charge in [-0.25, -0.2) is 5.43 Å². The molecule has 0 bridgehead atoms. The first-order chi connectivity index (χ1) is 12.1. The molecule has 0 unspecified atom stereocenters. The molecule has 2 aromatic rings. The van der Waals surface area contributed by atoms with Gasteiger partial charge in [0.15, 0.2) is 0 Å². The molecular formula is C17H18N4O3S. The van der Waals surface area contributed by atoms with E-state index in [0.717, 1.165) is 18.0 Å². The minimum Gasteiger partial charge on any atom is -0.363 e. The normalized spacial score (nSPS) is 14.6. The fourth-order valence-corrected chi connectivity index (χ4v) is 3.58. The van der Waals surface area contributed by atoms with E-state index in [0.29, 0.717) is 5.56 Å². The lowest BCUT2D eigenvalue weighted by Crippen LogP contribution is -2.28. The summed E-state index contributed by atoms with van der Waals surface area (Å²) < 4.78 is 0. The number of amides is 1. The first-order valence-corrected chi connectivity index (χ1v) is 8.88. The van der Waals surface area contributed by atoms with Crippen molar-refractivity contribution in [1.29, 1.82) is 0 Å². The fourth-order valence-electron chi connectivity index (χ4n) is 2.65. The highest BCUT2D eigenvalue weighted by Crippen LogP contribution is 2.27. The second kappa shape index (κ2) is 7.89. The molecule has 25 heavy (non-hydrogen) atoms. The largest absolute Gasteiger partial charge is 0.363 e. The van der Waals surface area contributed by atoms with Gasteiger partial charge in [-0.15, -0.1) is 11.3 Å². The van der Waals surface area contributed by atoms with E-state index < -0.39 is 10.8 Å².